The molecule has 0 amide bonds. The summed E-state index contributed by atoms with van der Waals surface area (Å²) in [4.78, 5) is 0. The quantitative estimate of drug-likeness (QED) is 0.436. The number of thioether (sulfide) groups is 1. The summed E-state index contributed by atoms with van der Waals surface area (Å²) in [7, 11) is -2.03. The summed E-state index contributed by atoms with van der Waals surface area (Å²) in [5.74, 6) is 2.83. The molecule has 1 fully saturated rings. The summed E-state index contributed by atoms with van der Waals surface area (Å²) in [5.41, 5.74) is 0. The largest absolute Gasteiger partial charge is 0.459 e. The summed E-state index contributed by atoms with van der Waals surface area (Å²) in [6.07, 6.45) is 1.46. The highest BCUT2D eigenvalue weighted by Crippen LogP contribution is 2.14. The number of rotatable bonds is 0. The van der Waals surface area contributed by atoms with E-state index in [0.717, 1.165) is 0 Å². The van der Waals surface area contributed by atoms with E-state index in [1.807, 2.05) is 11.8 Å². The van der Waals surface area contributed by atoms with Gasteiger partial charge >= 0.3 is 0 Å². The Balaban J connectivity index is 0.000000122. The first kappa shape index (κ1) is 8.68. The maximum absolute atomic E-state index is 8.93. The van der Waals surface area contributed by atoms with Crippen molar-refractivity contribution in [3.05, 3.63) is 0 Å². The normalized spacial score (nSPS) is 16.2. The molecule has 0 aromatic carbocycles. The molecule has 1 aliphatic heterocycles. The van der Waals surface area contributed by atoms with Gasteiger partial charge in [-0.1, -0.05) is 9.64 Å². The fourth-order valence-electron chi connectivity index (χ4n) is 0.144. The van der Waals surface area contributed by atoms with Crippen LogP contribution in [0.25, 0.3) is 0 Å². The van der Waals surface area contributed by atoms with Crippen LogP contribution in [0.15, 0.2) is 0 Å². The topological polar surface area (TPSA) is 37.3 Å². The Hall–Kier alpha value is 0.680. The van der Waals surface area contributed by atoms with Crippen molar-refractivity contribution in [2.45, 2.75) is 6.42 Å². The van der Waals surface area contributed by atoms with Crippen LogP contribution < -0.4 is 0 Å². The summed E-state index contributed by atoms with van der Waals surface area (Å²) in [6.45, 7) is 0. The van der Waals surface area contributed by atoms with Gasteiger partial charge in [-0.3, -0.25) is 0 Å². The fourth-order valence-corrected chi connectivity index (χ4v) is 0.433. The first-order valence-electron chi connectivity index (χ1n) is 2.09. The molecule has 0 bridgehead atoms. The van der Waals surface area contributed by atoms with Crippen LogP contribution in [0, 0.1) is 0 Å². The van der Waals surface area contributed by atoms with Crippen LogP contribution in [-0.4, -0.2) is 16.1 Å². The molecule has 0 spiro atoms. The zero-order chi connectivity index (χ0) is 6.41. The first-order valence-corrected chi connectivity index (χ1v) is 5.28. The Labute approximate surface area is 59.6 Å². The predicted octanol–water partition coefficient (Wildman–Crippen LogP) is 1.01. The molecular weight excluding hydrogens is 164 g/mol. The highest BCUT2D eigenvalue weighted by molar-refractivity contribution is 8.18. The molecule has 8 heavy (non-hydrogen) atoms. The van der Waals surface area contributed by atoms with E-state index in [4.69, 9.17) is 8.76 Å². The Morgan fingerprint density at radius 1 is 1.62 bits per heavy atom. The van der Waals surface area contributed by atoms with Gasteiger partial charge in [0, 0.05) is 0 Å². The molecule has 1 rings (SSSR count). The second-order valence-electron chi connectivity index (χ2n) is 1.18. The van der Waals surface area contributed by atoms with E-state index in [1.165, 1.54) is 17.9 Å². The van der Waals surface area contributed by atoms with Gasteiger partial charge in [-0.05, 0) is 17.9 Å². The van der Waals surface area contributed by atoms with Crippen LogP contribution in [0.5, 0.6) is 0 Å². The molecule has 0 unspecified atom stereocenters. The van der Waals surface area contributed by atoms with Crippen molar-refractivity contribution in [3.8, 4) is 0 Å². The predicted molar refractivity (Wildman–Crippen MR) is 40.0 cm³/mol. The van der Waals surface area contributed by atoms with Crippen LogP contribution >= 0.6 is 11.8 Å². The SMILES string of the molecule is C1CSC1.O=[S-](O)=S. The van der Waals surface area contributed by atoms with Gasteiger partial charge in [0.2, 0.25) is 0 Å². The molecule has 1 saturated heterocycles. The van der Waals surface area contributed by atoms with Crippen molar-refractivity contribution in [1.29, 1.82) is 0 Å². The molecule has 50 valence electrons. The summed E-state index contributed by atoms with van der Waals surface area (Å²) in [5, 5.41) is 0. The summed E-state index contributed by atoms with van der Waals surface area (Å²) >= 11 is 5.69. The standard InChI is InChI=1S/C3H6S.HO2S2/c1-2-4-3-1;1-4(2)3/h1-3H2;(H,1,2,3)/q;-1. The van der Waals surface area contributed by atoms with Crippen LogP contribution in [0.4, 0.5) is 0 Å². The van der Waals surface area contributed by atoms with Crippen molar-refractivity contribution < 1.29 is 8.76 Å². The zero-order valence-electron chi connectivity index (χ0n) is 4.20. The van der Waals surface area contributed by atoms with Gasteiger partial charge in [0.1, 0.15) is 0 Å². The maximum Gasteiger partial charge on any atom is -0.00597 e. The van der Waals surface area contributed by atoms with Crippen molar-refractivity contribution in [1.82, 2.24) is 0 Å². The van der Waals surface area contributed by atoms with Crippen molar-refractivity contribution >= 4 is 32.6 Å². The van der Waals surface area contributed by atoms with Crippen molar-refractivity contribution in [2.75, 3.05) is 11.5 Å². The molecule has 0 aliphatic carbocycles. The summed E-state index contributed by atoms with van der Waals surface area (Å²) in [6, 6.07) is 0. The zero-order valence-corrected chi connectivity index (χ0v) is 6.65. The minimum absolute atomic E-state index is 1.42. The third-order valence-corrected chi connectivity index (χ3v) is 1.73. The smallest absolute Gasteiger partial charge is 0.00597 e. The molecule has 1 heterocycles. The number of hydrogen-bond acceptors (Lipinski definition) is 4. The molecule has 0 aromatic rings. The molecule has 1 aliphatic rings. The Morgan fingerprint density at radius 3 is 1.75 bits per heavy atom. The molecule has 5 heteroatoms. The van der Waals surface area contributed by atoms with Gasteiger partial charge in [0.25, 0.3) is 0 Å². The lowest BCUT2D eigenvalue weighted by Crippen LogP contribution is -1.94. The Bertz CT molecular complexity index is 93.1. The molecule has 1 N–H and O–H groups in total. The van der Waals surface area contributed by atoms with Crippen molar-refractivity contribution in [2.24, 2.45) is 0 Å². The average molecular weight is 171 g/mol. The first-order chi connectivity index (χ1) is 3.73. The van der Waals surface area contributed by atoms with E-state index < -0.39 is 9.64 Å². The van der Waals surface area contributed by atoms with Crippen LogP contribution in [0.2, 0.25) is 0 Å². The van der Waals surface area contributed by atoms with E-state index >= 15 is 0 Å². The second kappa shape index (κ2) is 5.81. The molecular formula is C3H7O2S3-. The van der Waals surface area contributed by atoms with Crippen molar-refractivity contribution in [3.63, 3.8) is 0 Å². The third-order valence-electron chi connectivity index (χ3n) is 0.577. The van der Waals surface area contributed by atoms with Crippen LogP contribution in [0.1, 0.15) is 6.42 Å². The highest BCUT2D eigenvalue weighted by atomic mass is 32.8. The van der Waals surface area contributed by atoms with E-state index in [1.54, 1.807) is 0 Å². The lowest BCUT2D eigenvalue weighted by molar-refractivity contribution is 0.536. The molecule has 2 nitrogen and oxygen atoms in total. The Morgan fingerprint density at radius 2 is 1.75 bits per heavy atom. The lowest BCUT2D eigenvalue weighted by Gasteiger charge is -2.05. The second-order valence-corrected chi connectivity index (χ2v) is 3.70. The minimum atomic E-state index is -2.03. The molecule has 0 radical (unpaired) electrons. The highest BCUT2D eigenvalue weighted by Gasteiger charge is 1.95. The molecule has 0 aromatic heterocycles. The van der Waals surface area contributed by atoms with E-state index in [0.29, 0.717) is 0 Å². The average Bonchev–Trinajstić information content (AvgIpc) is 1.19. The number of hydrogen-bond donors (Lipinski definition) is 1. The van der Waals surface area contributed by atoms with Gasteiger partial charge in [-0.2, -0.15) is 11.8 Å². The van der Waals surface area contributed by atoms with Gasteiger partial charge < -0.3 is 8.76 Å². The molecule has 0 atom stereocenters. The lowest BCUT2D eigenvalue weighted by atomic mass is 10.6. The Kier molecular flexibility index (Phi) is 6.30. The third kappa shape index (κ3) is 9.84. The monoisotopic (exact) mass is 171 g/mol. The van der Waals surface area contributed by atoms with Gasteiger partial charge in [-0.15, -0.1) is 0 Å². The van der Waals surface area contributed by atoms with E-state index in [9.17, 15) is 0 Å². The minimum Gasteiger partial charge on any atom is -0.459 e. The van der Waals surface area contributed by atoms with Crippen LogP contribution in [-0.2, 0) is 25.0 Å². The van der Waals surface area contributed by atoms with Gasteiger partial charge in [0.15, 0.2) is 0 Å². The van der Waals surface area contributed by atoms with E-state index in [2.05, 4.69) is 11.2 Å². The van der Waals surface area contributed by atoms with Crippen LogP contribution in [0.3, 0.4) is 0 Å². The molecule has 0 saturated carbocycles. The summed E-state index contributed by atoms with van der Waals surface area (Å²) < 4.78 is 16.3. The van der Waals surface area contributed by atoms with E-state index in [-0.39, 0.29) is 0 Å². The fraction of sp³-hybridized carbons (Fsp3) is 1.00. The maximum atomic E-state index is 8.93. The van der Waals surface area contributed by atoms with Gasteiger partial charge in [-0.25, -0.2) is 11.2 Å². The van der Waals surface area contributed by atoms with Gasteiger partial charge in [0.05, 0.1) is 0 Å².